The topological polar surface area (TPSA) is 39.1 Å². The molecule has 0 aliphatic carbocycles. The molecule has 1 atom stereocenters. The van der Waals surface area contributed by atoms with Gasteiger partial charge < -0.3 is 14.6 Å². The van der Waals surface area contributed by atoms with E-state index < -0.39 is 0 Å². The van der Waals surface area contributed by atoms with Gasteiger partial charge >= 0.3 is 0 Å². The Balaban J connectivity index is 1.66. The van der Waals surface area contributed by atoms with E-state index in [1.165, 1.54) is 11.3 Å². The summed E-state index contributed by atoms with van der Waals surface area (Å²) in [5.74, 6) is 0. The predicted octanol–water partition coefficient (Wildman–Crippen LogP) is 1.79. The lowest BCUT2D eigenvalue weighted by Crippen LogP contribution is -2.34. The van der Waals surface area contributed by atoms with Crippen LogP contribution >= 0.6 is 0 Å². The molecule has 1 unspecified atom stereocenters. The van der Waals surface area contributed by atoms with Gasteiger partial charge in [0.2, 0.25) is 0 Å². The minimum absolute atomic E-state index is 0.132. The summed E-state index contributed by atoms with van der Waals surface area (Å²) >= 11 is 0. The first-order valence-corrected chi connectivity index (χ1v) is 6.80. The van der Waals surface area contributed by atoms with Gasteiger partial charge in [0, 0.05) is 19.6 Å². The second-order valence-corrected chi connectivity index (χ2v) is 4.81. The summed E-state index contributed by atoms with van der Waals surface area (Å²) in [5, 5.41) is 3.36. The van der Waals surface area contributed by atoms with Crippen LogP contribution < -0.4 is 5.32 Å². The Bertz CT molecular complexity index is 503. The molecule has 1 aromatic heterocycles. The van der Waals surface area contributed by atoms with E-state index in [-0.39, 0.29) is 6.10 Å². The number of aromatic nitrogens is 2. The van der Waals surface area contributed by atoms with Crippen LogP contribution in [0.25, 0.3) is 0 Å². The van der Waals surface area contributed by atoms with Crippen LogP contribution in [0.3, 0.4) is 0 Å². The van der Waals surface area contributed by atoms with E-state index in [4.69, 9.17) is 4.74 Å². The molecular weight excluding hydrogens is 238 g/mol. The van der Waals surface area contributed by atoms with Crippen LogP contribution in [0.1, 0.15) is 17.4 Å². The van der Waals surface area contributed by atoms with Crippen molar-refractivity contribution in [1.82, 2.24) is 14.9 Å². The number of hydrogen-bond acceptors (Lipinski definition) is 3. The standard InChI is InChI=1S/C15H19N3O/c1-2-4-13(5-3-1)6-8-18-12-17-10-14(18)15-11-16-7-9-19-15/h1-5,10,12,15-16H,6-9,11H2. The zero-order valence-electron chi connectivity index (χ0n) is 11.0. The summed E-state index contributed by atoms with van der Waals surface area (Å²) < 4.78 is 7.99. The van der Waals surface area contributed by atoms with E-state index in [2.05, 4.69) is 39.1 Å². The third kappa shape index (κ3) is 3.03. The zero-order valence-corrected chi connectivity index (χ0v) is 11.0. The number of nitrogens with one attached hydrogen (secondary N) is 1. The number of aryl methyl sites for hydroxylation is 2. The Kier molecular flexibility index (Phi) is 3.91. The SMILES string of the molecule is c1ccc(CCn2cncc2C2CNCCO2)cc1. The average molecular weight is 257 g/mol. The monoisotopic (exact) mass is 257 g/mol. The first-order valence-electron chi connectivity index (χ1n) is 6.80. The summed E-state index contributed by atoms with van der Waals surface area (Å²) in [6.45, 7) is 3.53. The molecule has 0 radical (unpaired) electrons. The molecule has 19 heavy (non-hydrogen) atoms. The number of ether oxygens (including phenoxy) is 1. The van der Waals surface area contributed by atoms with E-state index >= 15 is 0 Å². The molecule has 4 nitrogen and oxygen atoms in total. The first kappa shape index (κ1) is 12.4. The third-order valence-corrected chi connectivity index (χ3v) is 3.49. The minimum atomic E-state index is 0.132. The largest absolute Gasteiger partial charge is 0.369 e. The number of nitrogens with zero attached hydrogens (tertiary/aromatic N) is 2. The third-order valence-electron chi connectivity index (χ3n) is 3.49. The lowest BCUT2D eigenvalue weighted by molar-refractivity contribution is 0.0228. The molecule has 2 heterocycles. The summed E-state index contributed by atoms with van der Waals surface area (Å²) in [4.78, 5) is 4.26. The molecule has 0 spiro atoms. The van der Waals surface area contributed by atoms with Gasteiger partial charge in [0.15, 0.2) is 0 Å². The van der Waals surface area contributed by atoms with Gasteiger partial charge in [-0.2, -0.15) is 0 Å². The van der Waals surface area contributed by atoms with Crippen molar-refractivity contribution >= 4 is 0 Å². The highest BCUT2D eigenvalue weighted by Gasteiger charge is 2.19. The van der Waals surface area contributed by atoms with Crippen molar-refractivity contribution in [3.05, 3.63) is 54.1 Å². The Hall–Kier alpha value is -1.65. The van der Waals surface area contributed by atoms with Gasteiger partial charge in [-0.15, -0.1) is 0 Å². The average Bonchev–Trinajstić information content (AvgIpc) is 2.95. The van der Waals surface area contributed by atoms with E-state index in [0.717, 1.165) is 32.7 Å². The molecule has 100 valence electrons. The van der Waals surface area contributed by atoms with Gasteiger partial charge in [0.05, 0.1) is 24.8 Å². The smallest absolute Gasteiger partial charge is 0.111 e. The lowest BCUT2D eigenvalue weighted by atomic mass is 10.1. The van der Waals surface area contributed by atoms with Crippen molar-refractivity contribution in [3.63, 3.8) is 0 Å². The fourth-order valence-electron chi connectivity index (χ4n) is 2.44. The van der Waals surface area contributed by atoms with Crippen LogP contribution in [0, 0.1) is 0 Å². The van der Waals surface area contributed by atoms with Gasteiger partial charge in [0.1, 0.15) is 6.10 Å². The van der Waals surface area contributed by atoms with Crippen molar-refractivity contribution in [2.24, 2.45) is 0 Å². The molecule has 1 N–H and O–H groups in total. The fraction of sp³-hybridized carbons (Fsp3) is 0.400. The van der Waals surface area contributed by atoms with Crippen molar-refractivity contribution < 1.29 is 4.74 Å². The van der Waals surface area contributed by atoms with Crippen LogP contribution in [-0.2, 0) is 17.7 Å². The van der Waals surface area contributed by atoms with E-state index in [0.29, 0.717) is 0 Å². The second-order valence-electron chi connectivity index (χ2n) is 4.81. The van der Waals surface area contributed by atoms with Crippen molar-refractivity contribution in [3.8, 4) is 0 Å². The van der Waals surface area contributed by atoms with Gasteiger partial charge in [-0.05, 0) is 12.0 Å². The first-order chi connectivity index (χ1) is 9.43. The van der Waals surface area contributed by atoms with Crippen molar-refractivity contribution in [1.29, 1.82) is 0 Å². The maximum absolute atomic E-state index is 5.79. The quantitative estimate of drug-likeness (QED) is 0.907. The van der Waals surface area contributed by atoms with Crippen LogP contribution in [0.15, 0.2) is 42.9 Å². The van der Waals surface area contributed by atoms with Crippen LogP contribution in [-0.4, -0.2) is 29.2 Å². The maximum Gasteiger partial charge on any atom is 0.111 e. The Morgan fingerprint density at radius 3 is 3.00 bits per heavy atom. The van der Waals surface area contributed by atoms with Crippen molar-refractivity contribution in [2.45, 2.75) is 19.1 Å². The predicted molar refractivity (Wildman–Crippen MR) is 73.9 cm³/mol. The molecule has 3 rings (SSSR count). The van der Waals surface area contributed by atoms with Crippen LogP contribution in [0.5, 0.6) is 0 Å². The summed E-state index contributed by atoms with van der Waals surface area (Å²) in [7, 11) is 0. The molecule has 1 saturated heterocycles. The molecular formula is C15H19N3O. The summed E-state index contributed by atoms with van der Waals surface area (Å²) in [6.07, 6.45) is 4.97. The van der Waals surface area contributed by atoms with Gasteiger partial charge in [0.25, 0.3) is 0 Å². The number of morpholine rings is 1. The Labute approximate surface area is 113 Å². The minimum Gasteiger partial charge on any atom is -0.369 e. The lowest BCUT2D eigenvalue weighted by Gasteiger charge is -2.24. The highest BCUT2D eigenvalue weighted by Crippen LogP contribution is 2.18. The molecule has 0 amide bonds. The van der Waals surface area contributed by atoms with Gasteiger partial charge in [-0.3, -0.25) is 0 Å². The van der Waals surface area contributed by atoms with E-state index in [1.54, 1.807) is 0 Å². The normalized spacial score (nSPS) is 19.5. The number of hydrogen-bond donors (Lipinski definition) is 1. The molecule has 1 fully saturated rings. The summed E-state index contributed by atoms with van der Waals surface area (Å²) in [5.41, 5.74) is 2.52. The van der Waals surface area contributed by atoms with Crippen LogP contribution in [0.4, 0.5) is 0 Å². The molecule has 1 aliphatic heterocycles. The van der Waals surface area contributed by atoms with E-state index in [1.807, 2.05) is 18.6 Å². The van der Waals surface area contributed by atoms with Gasteiger partial charge in [-0.25, -0.2) is 4.98 Å². The Morgan fingerprint density at radius 2 is 2.21 bits per heavy atom. The second kappa shape index (κ2) is 5.99. The van der Waals surface area contributed by atoms with Gasteiger partial charge in [-0.1, -0.05) is 30.3 Å². The highest BCUT2D eigenvalue weighted by atomic mass is 16.5. The molecule has 1 aliphatic rings. The van der Waals surface area contributed by atoms with Crippen LogP contribution in [0.2, 0.25) is 0 Å². The Morgan fingerprint density at radius 1 is 1.32 bits per heavy atom. The summed E-state index contributed by atoms with van der Waals surface area (Å²) in [6, 6.07) is 10.5. The molecule has 1 aromatic carbocycles. The number of imidazole rings is 1. The molecule has 0 bridgehead atoms. The molecule has 0 saturated carbocycles. The number of benzene rings is 1. The fourth-order valence-corrected chi connectivity index (χ4v) is 2.44. The zero-order chi connectivity index (χ0) is 12.9. The number of rotatable bonds is 4. The molecule has 2 aromatic rings. The maximum atomic E-state index is 5.79. The van der Waals surface area contributed by atoms with E-state index in [9.17, 15) is 0 Å². The molecule has 4 heteroatoms. The highest BCUT2D eigenvalue weighted by molar-refractivity contribution is 5.15. The van der Waals surface area contributed by atoms with Crippen molar-refractivity contribution in [2.75, 3.05) is 19.7 Å².